The molecular formula is C25H33NO. The molecule has 0 aliphatic rings. The second kappa shape index (κ2) is 9.64. The number of phenolic OH excluding ortho intramolecular Hbond substituents is 1. The van der Waals surface area contributed by atoms with Crippen LogP contribution < -0.4 is 0 Å². The minimum atomic E-state index is 0.395. The zero-order valence-electron chi connectivity index (χ0n) is 16.9. The Kier molecular flexibility index (Phi) is 6.98. The first kappa shape index (κ1) is 19.5. The lowest BCUT2D eigenvalue weighted by Crippen LogP contribution is -2.00. The fraction of sp³-hybridized carbons (Fsp3) is 0.440. The molecule has 3 aromatic rings. The first-order valence-electron chi connectivity index (χ1n) is 10.7. The first-order valence-corrected chi connectivity index (χ1v) is 10.7. The van der Waals surface area contributed by atoms with Crippen LogP contribution in [0.4, 0.5) is 0 Å². The van der Waals surface area contributed by atoms with Crippen LogP contribution in [-0.2, 0) is 12.8 Å². The lowest BCUT2D eigenvalue weighted by atomic mass is 9.90. The van der Waals surface area contributed by atoms with Gasteiger partial charge in [0.05, 0.1) is 5.69 Å². The summed E-state index contributed by atoms with van der Waals surface area (Å²) in [6.07, 6.45) is 10.8. The standard InChI is InChI=1S/C25H33NO/c1-3-5-7-9-14-21-19(12-8-6-4-2)16-17-24(27)25(21)23-18-20-13-10-11-15-22(20)26-23/h10-11,13,15-18,26-27H,3-9,12,14H2,1-2H3. The van der Waals surface area contributed by atoms with Crippen LogP contribution in [0.2, 0.25) is 0 Å². The third kappa shape index (κ3) is 4.74. The Balaban J connectivity index is 1.99. The molecule has 0 bridgehead atoms. The van der Waals surface area contributed by atoms with Crippen molar-refractivity contribution < 1.29 is 5.11 Å². The predicted octanol–water partition coefficient (Wildman–Crippen LogP) is 7.40. The van der Waals surface area contributed by atoms with Gasteiger partial charge in [-0.1, -0.05) is 70.2 Å². The Morgan fingerprint density at radius 3 is 2.33 bits per heavy atom. The molecule has 1 aromatic heterocycles. The molecule has 0 radical (unpaired) electrons. The maximum Gasteiger partial charge on any atom is 0.125 e. The minimum absolute atomic E-state index is 0.395. The van der Waals surface area contributed by atoms with Crippen molar-refractivity contribution in [2.24, 2.45) is 0 Å². The first-order chi connectivity index (χ1) is 13.2. The molecular weight excluding hydrogens is 330 g/mol. The van der Waals surface area contributed by atoms with Gasteiger partial charge in [-0.15, -0.1) is 0 Å². The normalized spacial score (nSPS) is 11.3. The highest BCUT2D eigenvalue weighted by atomic mass is 16.3. The van der Waals surface area contributed by atoms with E-state index in [1.165, 1.54) is 61.5 Å². The van der Waals surface area contributed by atoms with Gasteiger partial charge in [0.15, 0.2) is 0 Å². The van der Waals surface area contributed by atoms with Crippen molar-refractivity contribution in [1.82, 2.24) is 4.98 Å². The summed E-state index contributed by atoms with van der Waals surface area (Å²) >= 11 is 0. The molecule has 2 aromatic carbocycles. The number of hydrogen-bond acceptors (Lipinski definition) is 1. The van der Waals surface area contributed by atoms with E-state index in [9.17, 15) is 5.11 Å². The number of phenols is 1. The van der Waals surface area contributed by atoms with Crippen LogP contribution in [0, 0.1) is 0 Å². The highest BCUT2D eigenvalue weighted by molar-refractivity contribution is 5.88. The summed E-state index contributed by atoms with van der Waals surface area (Å²) in [5.41, 5.74) is 5.92. The highest BCUT2D eigenvalue weighted by Gasteiger charge is 2.16. The van der Waals surface area contributed by atoms with E-state index < -0.39 is 0 Å². The number of fused-ring (bicyclic) bond motifs is 1. The van der Waals surface area contributed by atoms with Gasteiger partial charge in [-0.05, 0) is 55.0 Å². The molecule has 0 spiro atoms. The van der Waals surface area contributed by atoms with Crippen molar-refractivity contribution in [1.29, 1.82) is 0 Å². The van der Waals surface area contributed by atoms with E-state index in [0.717, 1.165) is 29.6 Å². The summed E-state index contributed by atoms with van der Waals surface area (Å²) in [5.74, 6) is 0.395. The van der Waals surface area contributed by atoms with E-state index in [4.69, 9.17) is 0 Å². The number of H-pyrrole nitrogens is 1. The van der Waals surface area contributed by atoms with Crippen LogP contribution in [0.5, 0.6) is 5.75 Å². The molecule has 0 fully saturated rings. The third-order valence-corrected chi connectivity index (χ3v) is 5.52. The van der Waals surface area contributed by atoms with Gasteiger partial charge in [0.1, 0.15) is 5.75 Å². The number of benzene rings is 2. The number of aromatic amines is 1. The van der Waals surface area contributed by atoms with Gasteiger partial charge in [0.25, 0.3) is 0 Å². The quantitative estimate of drug-likeness (QED) is 0.362. The van der Waals surface area contributed by atoms with E-state index in [-0.39, 0.29) is 0 Å². The molecule has 0 saturated heterocycles. The third-order valence-electron chi connectivity index (χ3n) is 5.52. The number of rotatable bonds is 10. The second-order valence-corrected chi connectivity index (χ2v) is 7.64. The maximum absolute atomic E-state index is 10.7. The molecule has 0 aliphatic heterocycles. The molecule has 3 rings (SSSR count). The van der Waals surface area contributed by atoms with Crippen LogP contribution in [0.3, 0.4) is 0 Å². The fourth-order valence-electron chi connectivity index (χ4n) is 4.00. The van der Waals surface area contributed by atoms with Crippen molar-refractivity contribution in [2.45, 2.75) is 71.6 Å². The number of para-hydroxylation sites is 1. The van der Waals surface area contributed by atoms with Crippen LogP contribution >= 0.6 is 0 Å². The van der Waals surface area contributed by atoms with Gasteiger partial charge < -0.3 is 10.1 Å². The van der Waals surface area contributed by atoms with E-state index in [2.05, 4.69) is 55.2 Å². The average Bonchev–Trinajstić information content (AvgIpc) is 3.10. The molecule has 2 heteroatoms. The van der Waals surface area contributed by atoms with Crippen molar-refractivity contribution in [3.05, 3.63) is 53.6 Å². The van der Waals surface area contributed by atoms with Crippen LogP contribution in [-0.4, -0.2) is 10.1 Å². The molecule has 0 aliphatic carbocycles. The van der Waals surface area contributed by atoms with Gasteiger partial charge in [-0.3, -0.25) is 0 Å². The minimum Gasteiger partial charge on any atom is -0.507 e. The molecule has 0 saturated carbocycles. The molecule has 0 unspecified atom stereocenters. The topological polar surface area (TPSA) is 36.0 Å². The Morgan fingerprint density at radius 2 is 1.56 bits per heavy atom. The number of aryl methyl sites for hydroxylation is 1. The summed E-state index contributed by atoms with van der Waals surface area (Å²) in [6.45, 7) is 4.50. The zero-order valence-corrected chi connectivity index (χ0v) is 16.9. The zero-order chi connectivity index (χ0) is 19.1. The van der Waals surface area contributed by atoms with Crippen molar-refractivity contribution in [3.8, 4) is 17.0 Å². The summed E-state index contributed by atoms with van der Waals surface area (Å²) in [7, 11) is 0. The maximum atomic E-state index is 10.7. The van der Waals surface area contributed by atoms with Crippen molar-refractivity contribution in [3.63, 3.8) is 0 Å². The molecule has 144 valence electrons. The molecule has 0 amide bonds. The Morgan fingerprint density at radius 1 is 0.815 bits per heavy atom. The van der Waals surface area contributed by atoms with E-state index in [0.29, 0.717) is 5.75 Å². The smallest absolute Gasteiger partial charge is 0.125 e. The van der Waals surface area contributed by atoms with Gasteiger partial charge in [-0.25, -0.2) is 0 Å². The van der Waals surface area contributed by atoms with Gasteiger partial charge in [0, 0.05) is 16.5 Å². The van der Waals surface area contributed by atoms with Crippen LogP contribution in [0.15, 0.2) is 42.5 Å². The lowest BCUT2D eigenvalue weighted by Gasteiger charge is -2.16. The Labute approximate surface area is 163 Å². The van der Waals surface area contributed by atoms with E-state index in [1.54, 1.807) is 0 Å². The highest BCUT2D eigenvalue weighted by Crippen LogP contribution is 2.37. The summed E-state index contributed by atoms with van der Waals surface area (Å²) in [5, 5.41) is 11.9. The monoisotopic (exact) mass is 363 g/mol. The number of unbranched alkanes of at least 4 members (excludes halogenated alkanes) is 5. The van der Waals surface area contributed by atoms with Gasteiger partial charge in [-0.2, -0.15) is 0 Å². The largest absolute Gasteiger partial charge is 0.507 e. The summed E-state index contributed by atoms with van der Waals surface area (Å²) in [6, 6.07) is 14.5. The Bertz CT molecular complexity index is 829. The lowest BCUT2D eigenvalue weighted by molar-refractivity contribution is 0.476. The number of aromatic hydroxyl groups is 1. The number of nitrogens with one attached hydrogen (secondary N) is 1. The molecule has 1 heterocycles. The Hall–Kier alpha value is -2.22. The SMILES string of the molecule is CCCCCCc1c(CCCCC)ccc(O)c1-c1cc2ccccc2[nH]1. The molecule has 27 heavy (non-hydrogen) atoms. The molecule has 0 atom stereocenters. The predicted molar refractivity (Wildman–Crippen MR) is 116 cm³/mol. The van der Waals surface area contributed by atoms with Crippen LogP contribution in [0.1, 0.15) is 69.9 Å². The van der Waals surface area contributed by atoms with Gasteiger partial charge >= 0.3 is 0 Å². The second-order valence-electron chi connectivity index (χ2n) is 7.64. The van der Waals surface area contributed by atoms with Crippen LogP contribution in [0.25, 0.3) is 22.2 Å². The molecule has 2 N–H and O–H groups in total. The summed E-state index contributed by atoms with van der Waals surface area (Å²) in [4.78, 5) is 3.53. The van der Waals surface area contributed by atoms with Gasteiger partial charge in [0.2, 0.25) is 0 Å². The summed E-state index contributed by atoms with van der Waals surface area (Å²) < 4.78 is 0. The van der Waals surface area contributed by atoms with Crippen molar-refractivity contribution >= 4 is 10.9 Å². The number of aromatic nitrogens is 1. The average molecular weight is 364 g/mol. The fourth-order valence-corrected chi connectivity index (χ4v) is 4.00. The van der Waals surface area contributed by atoms with E-state index >= 15 is 0 Å². The van der Waals surface area contributed by atoms with Crippen molar-refractivity contribution in [2.75, 3.05) is 0 Å². The molecule has 2 nitrogen and oxygen atoms in total. The number of hydrogen-bond donors (Lipinski definition) is 2. The van der Waals surface area contributed by atoms with E-state index in [1.807, 2.05) is 6.07 Å².